The van der Waals surface area contributed by atoms with Crippen LogP contribution in [0.1, 0.15) is 64.2 Å². The van der Waals surface area contributed by atoms with E-state index in [0.717, 1.165) is 11.9 Å². The number of halogens is 1. The Morgan fingerprint density at radius 1 is 0.938 bits per heavy atom. The zero-order valence-corrected chi connectivity index (χ0v) is 11.9. The Hall–Kier alpha value is 0.440. The largest absolute Gasteiger partial charge is 0.378 e. The summed E-state index contributed by atoms with van der Waals surface area (Å²) in [5, 5.41) is 1.13. The minimum atomic E-state index is 0.457. The zero-order valence-electron chi connectivity index (χ0n) is 10.3. The summed E-state index contributed by atoms with van der Waals surface area (Å²) in [5.41, 5.74) is 0.457. The fraction of sp³-hybridized carbons (Fsp3) is 1.00. The average Bonchev–Trinajstić information content (AvgIpc) is 2.72. The highest BCUT2D eigenvalue weighted by Crippen LogP contribution is 2.38. The van der Waals surface area contributed by atoms with Crippen molar-refractivity contribution in [2.24, 2.45) is 5.41 Å². The smallest absolute Gasteiger partial charge is 0.0575 e. The molecule has 0 aromatic heterocycles. The van der Waals surface area contributed by atoms with E-state index >= 15 is 0 Å². The van der Waals surface area contributed by atoms with E-state index in [0.29, 0.717) is 11.5 Å². The number of hydrogen-bond donors (Lipinski definition) is 0. The highest BCUT2D eigenvalue weighted by Gasteiger charge is 2.31. The molecule has 0 atom stereocenters. The number of rotatable bonds is 4. The summed E-state index contributed by atoms with van der Waals surface area (Å²) >= 11 is 3.73. The number of ether oxygens (including phenoxy) is 1. The van der Waals surface area contributed by atoms with E-state index in [2.05, 4.69) is 15.9 Å². The molecule has 0 aliphatic heterocycles. The molecule has 1 nitrogen and oxygen atoms in total. The van der Waals surface area contributed by atoms with E-state index in [-0.39, 0.29) is 0 Å². The Balaban J connectivity index is 1.81. The first-order valence-electron chi connectivity index (χ1n) is 7.02. The molecule has 2 heteroatoms. The highest BCUT2D eigenvalue weighted by atomic mass is 79.9. The summed E-state index contributed by atoms with van der Waals surface area (Å²) in [5.74, 6) is 0. The van der Waals surface area contributed by atoms with Crippen molar-refractivity contribution < 1.29 is 4.74 Å². The Bertz CT molecular complexity index is 191. The molecular formula is C14H25BrO. The second-order valence-corrected chi connectivity index (χ2v) is 6.33. The lowest BCUT2D eigenvalue weighted by Gasteiger charge is -2.31. The maximum atomic E-state index is 6.16. The van der Waals surface area contributed by atoms with Crippen LogP contribution in [-0.4, -0.2) is 18.0 Å². The van der Waals surface area contributed by atoms with Crippen LogP contribution in [0.3, 0.4) is 0 Å². The van der Waals surface area contributed by atoms with Crippen molar-refractivity contribution in [2.45, 2.75) is 70.3 Å². The molecule has 0 bridgehead atoms. The average molecular weight is 289 g/mol. The standard InChI is InChI=1S/C14H25BrO/c15-11-14(9-5-1-2-6-10-14)12-16-13-7-3-4-8-13/h13H,1-12H2. The van der Waals surface area contributed by atoms with Gasteiger partial charge in [-0.15, -0.1) is 0 Å². The normalized spacial score (nSPS) is 26.8. The third-order valence-corrected chi connectivity index (χ3v) is 5.56. The van der Waals surface area contributed by atoms with Gasteiger partial charge in [0.05, 0.1) is 12.7 Å². The first-order chi connectivity index (χ1) is 7.85. The molecule has 0 radical (unpaired) electrons. The Morgan fingerprint density at radius 3 is 2.12 bits per heavy atom. The molecular weight excluding hydrogens is 264 g/mol. The van der Waals surface area contributed by atoms with Crippen molar-refractivity contribution in [2.75, 3.05) is 11.9 Å². The van der Waals surface area contributed by atoms with E-state index in [4.69, 9.17) is 4.74 Å². The lowest BCUT2D eigenvalue weighted by molar-refractivity contribution is -0.00327. The Labute approximate surface area is 108 Å². The summed E-state index contributed by atoms with van der Waals surface area (Å²) < 4.78 is 6.16. The number of alkyl halides is 1. The third kappa shape index (κ3) is 3.46. The van der Waals surface area contributed by atoms with E-state index in [1.54, 1.807) is 0 Å². The highest BCUT2D eigenvalue weighted by molar-refractivity contribution is 9.09. The van der Waals surface area contributed by atoms with Crippen molar-refractivity contribution in [3.05, 3.63) is 0 Å². The quantitative estimate of drug-likeness (QED) is 0.539. The molecule has 16 heavy (non-hydrogen) atoms. The second kappa shape index (κ2) is 6.39. The summed E-state index contributed by atoms with van der Waals surface area (Å²) in [6.07, 6.45) is 14.3. The predicted octanol–water partition coefficient (Wildman–Crippen LogP) is 4.68. The fourth-order valence-electron chi connectivity index (χ4n) is 3.14. The second-order valence-electron chi connectivity index (χ2n) is 5.77. The molecule has 0 spiro atoms. The van der Waals surface area contributed by atoms with Crippen molar-refractivity contribution in [3.63, 3.8) is 0 Å². The van der Waals surface area contributed by atoms with Crippen LogP contribution < -0.4 is 0 Å². The van der Waals surface area contributed by atoms with E-state index in [1.165, 1.54) is 64.2 Å². The summed E-state index contributed by atoms with van der Waals surface area (Å²) in [4.78, 5) is 0. The van der Waals surface area contributed by atoms with Crippen LogP contribution in [-0.2, 0) is 4.74 Å². The van der Waals surface area contributed by atoms with Crippen molar-refractivity contribution in [1.29, 1.82) is 0 Å². The van der Waals surface area contributed by atoms with Gasteiger partial charge in [0.15, 0.2) is 0 Å². The van der Waals surface area contributed by atoms with Gasteiger partial charge in [0.2, 0.25) is 0 Å². The van der Waals surface area contributed by atoms with Crippen LogP contribution in [0.15, 0.2) is 0 Å². The van der Waals surface area contributed by atoms with Gasteiger partial charge in [-0.2, -0.15) is 0 Å². The molecule has 2 rings (SSSR count). The topological polar surface area (TPSA) is 9.23 Å². The summed E-state index contributed by atoms with van der Waals surface area (Å²) in [6, 6.07) is 0. The lowest BCUT2D eigenvalue weighted by Crippen LogP contribution is -2.30. The van der Waals surface area contributed by atoms with E-state index in [1.807, 2.05) is 0 Å². The predicted molar refractivity (Wildman–Crippen MR) is 72.1 cm³/mol. The first-order valence-corrected chi connectivity index (χ1v) is 8.14. The maximum Gasteiger partial charge on any atom is 0.0575 e. The van der Waals surface area contributed by atoms with Gasteiger partial charge in [-0.25, -0.2) is 0 Å². The summed E-state index contributed by atoms with van der Waals surface area (Å²) in [6.45, 7) is 1.00. The third-order valence-electron chi connectivity index (χ3n) is 4.38. The van der Waals surface area contributed by atoms with Gasteiger partial charge < -0.3 is 4.74 Å². The molecule has 2 fully saturated rings. The fourth-order valence-corrected chi connectivity index (χ4v) is 3.87. The monoisotopic (exact) mass is 288 g/mol. The van der Waals surface area contributed by atoms with Crippen molar-refractivity contribution in [3.8, 4) is 0 Å². The van der Waals surface area contributed by atoms with Crippen LogP contribution in [0, 0.1) is 5.41 Å². The van der Waals surface area contributed by atoms with E-state index < -0.39 is 0 Å². The van der Waals surface area contributed by atoms with Crippen LogP contribution >= 0.6 is 15.9 Å². The minimum absolute atomic E-state index is 0.457. The molecule has 0 saturated heterocycles. The lowest BCUT2D eigenvalue weighted by atomic mass is 9.83. The Kier molecular flexibility index (Phi) is 5.15. The molecule has 0 aromatic carbocycles. The van der Waals surface area contributed by atoms with Gasteiger partial charge in [-0.3, -0.25) is 0 Å². The van der Waals surface area contributed by atoms with Gasteiger partial charge in [0, 0.05) is 10.7 Å². The molecule has 2 aliphatic carbocycles. The molecule has 2 saturated carbocycles. The molecule has 0 heterocycles. The van der Waals surface area contributed by atoms with E-state index in [9.17, 15) is 0 Å². The first kappa shape index (κ1) is 12.9. The van der Waals surface area contributed by atoms with Gasteiger partial charge >= 0.3 is 0 Å². The molecule has 0 N–H and O–H groups in total. The Morgan fingerprint density at radius 2 is 1.56 bits per heavy atom. The molecule has 2 aliphatic rings. The van der Waals surface area contributed by atoms with Crippen molar-refractivity contribution >= 4 is 15.9 Å². The van der Waals surface area contributed by atoms with Crippen molar-refractivity contribution in [1.82, 2.24) is 0 Å². The number of hydrogen-bond acceptors (Lipinski definition) is 1. The molecule has 0 unspecified atom stereocenters. The van der Waals surface area contributed by atoms with Crippen LogP contribution in [0.25, 0.3) is 0 Å². The van der Waals surface area contributed by atoms with Gasteiger partial charge in [0.1, 0.15) is 0 Å². The van der Waals surface area contributed by atoms with Gasteiger partial charge in [0.25, 0.3) is 0 Å². The SMILES string of the molecule is BrCC1(COC2CCCC2)CCCCCC1. The molecule has 0 aromatic rings. The van der Waals surface area contributed by atoms with Crippen LogP contribution in [0.5, 0.6) is 0 Å². The minimum Gasteiger partial charge on any atom is -0.378 e. The summed E-state index contributed by atoms with van der Waals surface area (Å²) in [7, 11) is 0. The zero-order chi connectivity index (χ0) is 11.3. The van der Waals surface area contributed by atoms with Crippen LogP contribution in [0.4, 0.5) is 0 Å². The molecule has 94 valence electrons. The molecule has 0 amide bonds. The van der Waals surface area contributed by atoms with Gasteiger partial charge in [-0.05, 0) is 25.7 Å². The van der Waals surface area contributed by atoms with Gasteiger partial charge in [-0.1, -0.05) is 54.5 Å². The van der Waals surface area contributed by atoms with Crippen LogP contribution in [0.2, 0.25) is 0 Å². The maximum absolute atomic E-state index is 6.16.